The third-order valence-corrected chi connectivity index (χ3v) is 5.11. The molecule has 2 fully saturated rings. The van der Waals surface area contributed by atoms with Crippen molar-refractivity contribution in [2.75, 3.05) is 52.5 Å². The minimum Gasteiger partial charge on any atom is -0.492 e. The number of benzene rings is 1. The van der Waals surface area contributed by atoms with Crippen LogP contribution in [0.4, 0.5) is 0 Å². The van der Waals surface area contributed by atoms with E-state index < -0.39 is 0 Å². The molecule has 1 aromatic rings. The molecule has 2 aliphatic rings. The second-order valence-electron chi connectivity index (χ2n) is 7.36. The summed E-state index contributed by atoms with van der Waals surface area (Å²) in [5.41, 5.74) is 1.15. The molecule has 2 saturated heterocycles. The van der Waals surface area contributed by atoms with Gasteiger partial charge in [-0.1, -0.05) is 32.0 Å². The van der Waals surface area contributed by atoms with Gasteiger partial charge >= 0.3 is 0 Å². The van der Waals surface area contributed by atoms with Crippen molar-refractivity contribution in [3.05, 3.63) is 29.8 Å². The molecule has 0 spiro atoms. The Bertz CT molecular complexity index is 587. The number of hydrogen-bond donors (Lipinski definition) is 1. The largest absolute Gasteiger partial charge is 0.492 e. The van der Waals surface area contributed by atoms with Gasteiger partial charge in [0, 0.05) is 44.8 Å². The first-order chi connectivity index (χ1) is 12.6. The number of para-hydroxylation sites is 1. The fourth-order valence-corrected chi connectivity index (χ4v) is 3.74. The Morgan fingerprint density at radius 3 is 2.77 bits per heavy atom. The number of piperazine rings is 1. The van der Waals surface area contributed by atoms with E-state index in [9.17, 15) is 4.79 Å². The highest BCUT2D eigenvalue weighted by Gasteiger charge is 2.32. The van der Waals surface area contributed by atoms with Gasteiger partial charge < -0.3 is 14.8 Å². The van der Waals surface area contributed by atoms with E-state index in [-0.39, 0.29) is 17.9 Å². The summed E-state index contributed by atoms with van der Waals surface area (Å²) in [6.45, 7) is 11.7. The van der Waals surface area contributed by atoms with Crippen molar-refractivity contribution in [3.8, 4) is 5.75 Å². The summed E-state index contributed by atoms with van der Waals surface area (Å²) in [5, 5.41) is 2.99. The van der Waals surface area contributed by atoms with Gasteiger partial charge in [0.05, 0.1) is 19.3 Å². The van der Waals surface area contributed by atoms with E-state index in [1.807, 2.05) is 18.2 Å². The van der Waals surface area contributed by atoms with Crippen LogP contribution in [-0.4, -0.2) is 74.3 Å². The maximum Gasteiger partial charge on any atom is 0.237 e. The molecule has 1 amide bonds. The summed E-state index contributed by atoms with van der Waals surface area (Å²) in [5.74, 6) is 1.34. The Morgan fingerprint density at radius 2 is 2.00 bits per heavy atom. The van der Waals surface area contributed by atoms with E-state index in [2.05, 4.69) is 35.0 Å². The van der Waals surface area contributed by atoms with Crippen molar-refractivity contribution >= 4 is 5.91 Å². The van der Waals surface area contributed by atoms with Crippen LogP contribution in [0, 0.1) is 5.92 Å². The maximum absolute atomic E-state index is 12.3. The molecular formula is C20H31N3O3. The van der Waals surface area contributed by atoms with Crippen molar-refractivity contribution in [1.29, 1.82) is 0 Å². The summed E-state index contributed by atoms with van der Waals surface area (Å²) in [6, 6.07) is 8.11. The van der Waals surface area contributed by atoms with Gasteiger partial charge in [-0.2, -0.15) is 0 Å². The Morgan fingerprint density at radius 1 is 1.23 bits per heavy atom. The zero-order valence-electron chi connectivity index (χ0n) is 15.9. The summed E-state index contributed by atoms with van der Waals surface area (Å²) < 4.78 is 11.5. The maximum atomic E-state index is 12.3. The van der Waals surface area contributed by atoms with Crippen molar-refractivity contribution in [3.63, 3.8) is 0 Å². The SMILES string of the molecule is CC(C)[C@H]1C(=O)NCCN1Cc1ccccc1OCCN1CCOCC1. The molecule has 2 aliphatic heterocycles. The smallest absolute Gasteiger partial charge is 0.237 e. The van der Waals surface area contributed by atoms with Gasteiger partial charge in [-0.15, -0.1) is 0 Å². The molecule has 26 heavy (non-hydrogen) atoms. The first kappa shape index (κ1) is 19.1. The summed E-state index contributed by atoms with van der Waals surface area (Å²) >= 11 is 0. The Balaban J connectivity index is 1.60. The monoisotopic (exact) mass is 361 g/mol. The number of hydrogen-bond acceptors (Lipinski definition) is 5. The number of ether oxygens (including phenoxy) is 2. The van der Waals surface area contributed by atoms with Gasteiger partial charge in [0.1, 0.15) is 12.4 Å². The van der Waals surface area contributed by atoms with Crippen molar-refractivity contribution in [2.45, 2.75) is 26.4 Å². The average molecular weight is 361 g/mol. The van der Waals surface area contributed by atoms with Gasteiger partial charge in [0.15, 0.2) is 0 Å². The lowest BCUT2D eigenvalue weighted by molar-refractivity contribution is -0.131. The molecule has 1 atom stereocenters. The number of carbonyl (C=O) groups is 1. The second-order valence-corrected chi connectivity index (χ2v) is 7.36. The number of amides is 1. The van der Waals surface area contributed by atoms with E-state index in [0.29, 0.717) is 13.2 Å². The summed E-state index contributed by atoms with van der Waals surface area (Å²) in [7, 11) is 0. The van der Waals surface area contributed by atoms with Gasteiger partial charge in [0.25, 0.3) is 0 Å². The highest BCUT2D eigenvalue weighted by Crippen LogP contribution is 2.23. The van der Waals surface area contributed by atoms with E-state index in [0.717, 1.165) is 57.3 Å². The van der Waals surface area contributed by atoms with E-state index >= 15 is 0 Å². The Labute approximate surface area is 156 Å². The van der Waals surface area contributed by atoms with Crippen LogP contribution >= 0.6 is 0 Å². The molecule has 1 aromatic carbocycles. The fourth-order valence-electron chi connectivity index (χ4n) is 3.74. The molecule has 3 rings (SSSR count). The van der Waals surface area contributed by atoms with Crippen LogP contribution in [-0.2, 0) is 16.1 Å². The molecule has 2 heterocycles. The molecular weight excluding hydrogens is 330 g/mol. The number of rotatable bonds is 7. The van der Waals surface area contributed by atoms with Crippen LogP contribution in [0.15, 0.2) is 24.3 Å². The summed E-state index contributed by atoms with van der Waals surface area (Å²) in [6.07, 6.45) is 0. The molecule has 0 aliphatic carbocycles. The zero-order chi connectivity index (χ0) is 18.4. The van der Waals surface area contributed by atoms with Crippen molar-refractivity contribution in [2.24, 2.45) is 5.92 Å². The normalized spacial score (nSPS) is 22.4. The minimum atomic E-state index is -0.0786. The topological polar surface area (TPSA) is 54.0 Å². The lowest BCUT2D eigenvalue weighted by Gasteiger charge is -2.37. The minimum absolute atomic E-state index is 0.0786. The molecule has 144 valence electrons. The van der Waals surface area contributed by atoms with E-state index in [4.69, 9.17) is 9.47 Å². The Hall–Kier alpha value is -1.63. The lowest BCUT2D eigenvalue weighted by atomic mass is 9.99. The first-order valence-corrected chi connectivity index (χ1v) is 9.67. The van der Waals surface area contributed by atoms with Crippen LogP contribution in [0.1, 0.15) is 19.4 Å². The van der Waals surface area contributed by atoms with Crippen molar-refractivity contribution in [1.82, 2.24) is 15.1 Å². The zero-order valence-corrected chi connectivity index (χ0v) is 15.9. The third-order valence-electron chi connectivity index (χ3n) is 5.11. The molecule has 1 N–H and O–H groups in total. The van der Waals surface area contributed by atoms with Crippen LogP contribution in [0.25, 0.3) is 0 Å². The quantitative estimate of drug-likeness (QED) is 0.795. The Kier molecular flexibility index (Phi) is 6.88. The number of nitrogens with zero attached hydrogens (tertiary/aromatic N) is 2. The highest BCUT2D eigenvalue weighted by molar-refractivity contribution is 5.82. The second kappa shape index (κ2) is 9.35. The molecule has 6 heteroatoms. The average Bonchev–Trinajstić information content (AvgIpc) is 2.64. The molecule has 0 bridgehead atoms. The lowest BCUT2D eigenvalue weighted by Crippen LogP contribution is -2.56. The summed E-state index contributed by atoms with van der Waals surface area (Å²) in [4.78, 5) is 16.9. The van der Waals surface area contributed by atoms with Gasteiger partial charge in [-0.3, -0.25) is 14.6 Å². The molecule has 6 nitrogen and oxygen atoms in total. The van der Waals surface area contributed by atoms with Crippen LogP contribution in [0.2, 0.25) is 0 Å². The third kappa shape index (κ3) is 4.96. The number of carbonyl (C=O) groups excluding carboxylic acids is 1. The molecule has 0 saturated carbocycles. The highest BCUT2D eigenvalue weighted by atomic mass is 16.5. The number of morpholine rings is 1. The standard InChI is InChI=1S/C20H31N3O3/c1-16(2)19-20(24)21-7-8-23(19)15-17-5-3-4-6-18(17)26-14-11-22-9-12-25-13-10-22/h3-6,16,19H,7-15H2,1-2H3,(H,21,24)/t19-/m0/s1. The molecule has 0 radical (unpaired) electrons. The number of nitrogens with one attached hydrogen (secondary N) is 1. The fraction of sp³-hybridized carbons (Fsp3) is 0.650. The van der Waals surface area contributed by atoms with E-state index in [1.165, 1.54) is 0 Å². The van der Waals surface area contributed by atoms with Crippen LogP contribution in [0.5, 0.6) is 5.75 Å². The molecule has 0 unspecified atom stereocenters. The first-order valence-electron chi connectivity index (χ1n) is 9.67. The van der Waals surface area contributed by atoms with Crippen LogP contribution in [0.3, 0.4) is 0 Å². The van der Waals surface area contributed by atoms with E-state index in [1.54, 1.807) is 0 Å². The van der Waals surface area contributed by atoms with Gasteiger partial charge in [-0.05, 0) is 12.0 Å². The molecule has 0 aromatic heterocycles. The van der Waals surface area contributed by atoms with Crippen molar-refractivity contribution < 1.29 is 14.3 Å². The van der Waals surface area contributed by atoms with Gasteiger partial charge in [-0.25, -0.2) is 0 Å². The van der Waals surface area contributed by atoms with Crippen LogP contribution < -0.4 is 10.1 Å². The predicted molar refractivity (Wildman–Crippen MR) is 101 cm³/mol. The van der Waals surface area contributed by atoms with Gasteiger partial charge in [0.2, 0.25) is 5.91 Å². The predicted octanol–water partition coefficient (Wildman–Crippen LogP) is 1.35.